The monoisotopic (exact) mass is 344 g/mol. The van der Waals surface area contributed by atoms with E-state index in [0.29, 0.717) is 0 Å². The first-order valence-electron chi connectivity index (χ1n) is 7.02. The Kier molecular flexibility index (Phi) is 7.07. The molecule has 0 aliphatic heterocycles. The lowest BCUT2D eigenvalue weighted by Gasteiger charge is -2.16. The number of urea groups is 1. The molecule has 1 aromatic heterocycles. The van der Waals surface area contributed by atoms with E-state index in [1.165, 1.54) is 6.92 Å². The minimum absolute atomic E-state index is 0.0404. The molecule has 0 spiro atoms. The Morgan fingerprint density at radius 3 is 2.58 bits per heavy atom. The van der Waals surface area contributed by atoms with Crippen molar-refractivity contribution in [2.45, 2.75) is 44.5 Å². The van der Waals surface area contributed by atoms with Crippen molar-refractivity contribution >= 4 is 17.9 Å². The van der Waals surface area contributed by atoms with Crippen molar-refractivity contribution < 1.29 is 29.1 Å². The van der Waals surface area contributed by atoms with Gasteiger partial charge in [0.05, 0.1) is 18.7 Å². The molecule has 3 atom stereocenters. The highest BCUT2D eigenvalue weighted by molar-refractivity contribution is 5.82. The van der Waals surface area contributed by atoms with Gasteiger partial charge in [0.1, 0.15) is 0 Å². The van der Waals surface area contributed by atoms with Crippen molar-refractivity contribution in [3.63, 3.8) is 0 Å². The second-order valence-electron chi connectivity index (χ2n) is 5.04. The van der Waals surface area contributed by atoms with E-state index in [0.717, 1.165) is 0 Å². The molecule has 0 saturated carbocycles. The van der Waals surface area contributed by atoms with Gasteiger partial charge in [0.2, 0.25) is 11.8 Å². The normalized spacial score (nSPS) is 14.5. The third-order valence-electron chi connectivity index (χ3n) is 2.95. The average Bonchev–Trinajstić information content (AvgIpc) is 2.96. The van der Waals surface area contributed by atoms with Gasteiger partial charge in [-0.25, -0.2) is 9.59 Å². The molecule has 12 nitrogen and oxygen atoms in total. The van der Waals surface area contributed by atoms with Gasteiger partial charge >= 0.3 is 12.0 Å². The maximum atomic E-state index is 11.6. The summed E-state index contributed by atoms with van der Waals surface area (Å²) < 4.78 is 4.88. The maximum absolute atomic E-state index is 11.6. The molecule has 1 aromatic rings. The number of carboxylic acids is 1. The van der Waals surface area contributed by atoms with Gasteiger partial charge in [-0.05, 0) is 13.3 Å². The lowest BCUT2D eigenvalue weighted by Crippen LogP contribution is -2.51. The first-order valence-corrected chi connectivity index (χ1v) is 7.02. The highest BCUT2D eigenvalue weighted by Crippen LogP contribution is 2.12. The van der Waals surface area contributed by atoms with Crippen LogP contribution in [0, 0.1) is 0 Å². The van der Waals surface area contributed by atoms with Gasteiger partial charge in [0, 0.05) is 6.42 Å². The van der Waals surface area contributed by atoms with Gasteiger partial charge in [-0.1, -0.05) is 5.16 Å². The van der Waals surface area contributed by atoms with Crippen LogP contribution >= 0.6 is 0 Å². The van der Waals surface area contributed by atoms with Crippen molar-refractivity contribution in [1.82, 2.24) is 20.8 Å². The van der Waals surface area contributed by atoms with E-state index in [1.54, 1.807) is 0 Å². The zero-order valence-electron chi connectivity index (χ0n) is 12.9. The second-order valence-corrected chi connectivity index (χ2v) is 5.04. The topological polar surface area (TPSA) is 207 Å². The van der Waals surface area contributed by atoms with Crippen LogP contribution < -0.4 is 22.1 Å². The molecule has 1 heterocycles. The molecular weight excluding hydrogens is 324 g/mol. The van der Waals surface area contributed by atoms with Crippen LogP contribution in [0.5, 0.6) is 0 Å². The molecule has 2 unspecified atom stereocenters. The fourth-order valence-electron chi connectivity index (χ4n) is 1.65. The van der Waals surface area contributed by atoms with Gasteiger partial charge in [-0.2, -0.15) is 4.98 Å². The summed E-state index contributed by atoms with van der Waals surface area (Å²) in [5.41, 5.74) is 10.8. The smallest absolute Gasteiger partial charge is 0.328 e. The summed E-state index contributed by atoms with van der Waals surface area (Å²) in [4.78, 5) is 37.1. The van der Waals surface area contributed by atoms with E-state index in [1.807, 2.05) is 0 Å². The number of aliphatic carboxylic acids is 1. The number of carboxylic acid groups (broad SMARTS) is 1. The Hall–Kier alpha value is -2.73. The summed E-state index contributed by atoms with van der Waals surface area (Å²) in [6.07, 6.45) is -0.954. The summed E-state index contributed by atoms with van der Waals surface area (Å²) in [5, 5.41) is 26.1. The molecule has 24 heavy (non-hydrogen) atoms. The van der Waals surface area contributed by atoms with Gasteiger partial charge in [0.15, 0.2) is 11.9 Å². The zero-order valence-corrected chi connectivity index (χ0v) is 12.9. The minimum Gasteiger partial charge on any atom is -0.480 e. The number of hydrogen-bond donors (Lipinski definition) is 6. The molecule has 0 radical (unpaired) electrons. The average molecular weight is 344 g/mol. The Morgan fingerprint density at radius 1 is 1.38 bits per heavy atom. The lowest BCUT2D eigenvalue weighted by atomic mass is 10.1. The van der Waals surface area contributed by atoms with E-state index in [9.17, 15) is 19.5 Å². The molecule has 0 fully saturated rings. The number of primary amides is 1. The van der Waals surface area contributed by atoms with E-state index >= 15 is 0 Å². The number of hydrogen-bond acceptors (Lipinski definition) is 8. The lowest BCUT2D eigenvalue weighted by molar-refractivity contribution is -0.141. The predicted molar refractivity (Wildman–Crippen MR) is 78.1 cm³/mol. The van der Waals surface area contributed by atoms with Crippen LogP contribution in [-0.2, 0) is 16.1 Å². The number of aliphatic hydroxyl groups is 1. The van der Waals surface area contributed by atoms with Gasteiger partial charge in [-0.15, -0.1) is 0 Å². The van der Waals surface area contributed by atoms with Crippen molar-refractivity contribution in [2.75, 3.05) is 0 Å². The van der Waals surface area contributed by atoms with Crippen LogP contribution in [0.1, 0.15) is 37.5 Å². The number of aliphatic hydroxyl groups excluding tert-OH is 1. The SMILES string of the molecule is CC(O)C(NC(=O)NCc1nc([C@@H](N)CCC(N)=O)no1)C(=O)O. The van der Waals surface area contributed by atoms with Crippen molar-refractivity contribution in [1.29, 1.82) is 0 Å². The van der Waals surface area contributed by atoms with Gasteiger partial charge in [0.25, 0.3) is 0 Å². The molecular formula is C12H20N6O6. The van der Waals surface area contributed by atoms with Crippen molar-refractivity contribution in [2.24, 2.45) is 11.5 Å². The molecule has 0 saturated heterocycles. The Balaban J connectivity index is 2.49. The molecule has 8 N–H and O–H groups in total. The summed E-state index contributed by atoms with van der Waals surface area (Å²) in [7, 11) is 0. The summed E-state index contributed by atoms with van der Waals surface area (Å²) in [6, 6.07) is -2.93. The molecule has 134 valence electrons. The van der Waals surface area contributed by atoms with Crippen LogP contribution in [0.25, 0.3) is 0 Å². The number of nitrogens with two attached hydrogens (primary N) is 2. The molecule has 0 aliphatic rings. The Morgan fingerprint density at radius 2 is 2.04 bits per heavy atom. The molecule has 0 bridgehead atoms. The standard InChI is InChI=1S/C12H20N6O6/c1-5(19)9(11(21)22)17-12(23)15-4-8-16-10(18-24-8)6(13)2-3-7(14)20/h5-6,9,19H,2-4,13H2,1H3,(H2,14,20)(H,21,22)(H2,15,17,23)/t5?,6-,9?/m0/s1. The summed E-state index contributed by atoms with van der Waals surface area (Å²) >= 11 is 0. The van der Waals surface area contributed by atoms with Gasteiger partial charge < -0.3 is 36.8 Å². The largest absolute Gasteiger partial charge is 0.480 e. The number of amides is 3. The Bertz CT molecular complexity index is 588. The number of rotatable bonds is 9. The summed E-state index contributed by atoms with van der Waals surface area (Å²) in [5.74, 6) is -1.68. The number of nitrogens with one attached hydrogen (secondary N) is 2. The maximum Gasteiger partial charge on any atom is 0.328 e. The number of carbonyl (C=O) groups excluding carboxylic acids is 2. The fourth-order valence-corrected chi connectivity index (χ4v) is 1.65. The van der Waals surface area contributed by atoms with E-state index < -0.39 is 36.1 Å². The van der Waals surface area contributed by atoms with E-state index in [2.05, 4.69) is 20.8 Å². The highest BCUT2D eigenvalue weighted by atomic mass is 16.5. The number of nitrogens with zero attached hydrogens (tertiary/aromatic N) is 2. The third-order valence-corrected chi connectivity index (χ3v) is 2.95. The Labute approximate surface area is 136 Å². The molecule has 12 heteroatoms. The van der Waals surface area contributed by atoms with Crippen LogP contribution in [-0.4, -0.2) is 50.4 Å². The number of aromatic nitrogens is 2. The molecule has 0 aromatic carbocycles. The quantitative estimate of drug-likeness (QED) is 0.291. The van der Waals surface area contributed by atoms with Crippen LogP contribution in [0.3, 0.4) is 0 Å². The van der Waals surface area contributed by atoms with Crippen LogP contribution in [0.15, 0.2) is 4.52 Å². The highest BCUT2D eigenvalue weighted by Gasteiger charge is 2.25. The molecule has 1 rings (SSSR count). The zero-order chi connectivity index (χ0) is 18.3. The van der Waals surface area contributed by atoms with E-state index in [4.69, 9.17) is 21.1 Å². The predicted octanol–water partition coefficient (Wildman–Crippen LogP) is -2.03. The molecule has 3 amide bonds. The van der Waals surface area contributed by atoms with Crippen LogP contribution in [0.4, 0.5) is 4.79 Å². The van der Waals surface area contributed by atoms with Crippen molar-refractivity contribution in [3.05, 3.63) is 11.7 Å². The molecule has 0 aliphatic carbocycles. The van der Waals surface area contributed by atoms with Gasteiger partial charge in [-0.3, -0.25) is 4.79 Å². The minimum atomic E-state index is -1.45. The number of carbonyl (C=O) groups is 3. The first-order chi connectivity index (χ1) is 11.2. The fraction of sp³-hybridized carbons (Fsp3) is 0.583. The van der Waals surface area contributed by atoms with E-state index in [-0.39, 0.29) is 31.1 Å². The van der Waals surface area contributed by atoms with Crippen LogP contribution in [0.2, 0.25) is 0 Å². The second kappa shape index (κ2) is 8.79. The first kappa shape index (κ1) is 19.3. The van der Waals surface area contributed by atoms with Crippen molar-refractivity contribution in [3.8, 4) is 0 Å². The summed E-state index contributed by atoms with van der Waals surface area (Å²) in [6.45, 7) is 1.06. The third kappa shape index (κ3) is 6.18.